The number of aryl methyl sites for hydroxylation is 1. The molecule has 5 nitrogen and oxygen atoms in total. The maximum absolute atomic E-state index is 11.5. The molecule has 1 heterocycles. The van der Waals surface area contributed by atoms with Crippen molar-refractivity contribution in [3.05, 3.63) is 36.0 Å². The summed E-state index contributed by atoms with van der Waals surface area (Å²) in [5, 5.41) is 3.64. The number of amides is 1. The zero-order valence-electron chi connectivity index (χ0n) is 10.8. The highest BCUT2D eigenvalue weighted by atomic mass is 16.5. The Hall–Kier alpha value is -2.14. The Morgan fingerprint density at radius 2 is 2.21 bits per heavy atom. The molecule has 0 aliphatic rings. The SMILES string of the molecule is Cc1ccc2cccc(OCC(=O)NCCN)c2n1. The highest BCUT2D eigenvalue weighted by molar-refractivity contribution is 5.85. The average Bonchev–Trinajstić information content (AvgIpc) is 2.42. The molecule has 0 bridgehead atoms. The van der Waals surface area contributed by atoms with E-state index in [0.717, 1.165) is 16.6 Å². The van der Waals surface area contributed by atoms with Crippen LogP contribution in [0.5, 0.6) is 5.75 Å². The number of nitrogens with two attached hydrogens (primary N) is 1. The number of aromatic nitrogens is 1. The predicted octanol–water partition coefficient (Wildman–Crippen LogP) is 0.997. The summed E-state index contributed by atoms with van der Waals surface area (Å²) in [6, 6.07) is 9.58. The van der Waals surface area contributed by atoms with Crippen LogP contribution in [0.2, 0.25) is 0 Å². The first-order valence-electron chi connectivity index (χ1n) is 6.16. The topological polar surface area (TPSA) is 77.2 Å². The van der Waals surface area contributed by atoms with Crippen molar-refractivity contribution in [3.8, 4) is 5.75 Å². The summed E-state index contributed by atoms with van der Waals surface area (Å²) in [4.78, 5) is 15.9. The number of nitrogens with zero attached hydrogens (tertiary/aromatic N) is 1. The second kappa shape index (κ2) is 6.15. The van der Waals surface area contributed by atoms with E-state index in [1.54, 1.807) is 0 Å². The lowest BCUT2D eigenvalue weighted by Crippen LogP contribution is -2.32. The summed E-state index contributed by atoms with van der Waals surface area (Å²) >= 11 is 0. The molecule has 1 amide bonds. The van der Waals surface area contributed by atoms with Crippen LogP contribution in [0.25, 0.3) is 10.9 Å². The number of fused-ring (bicyclic) bond motifs is 1. The fourth-order valence-corrected chi connectivity index (χ4v) is 1.74. The molecule has 0 fully saturated rings. The van der Waals surface area contributed by atoms with Gasteiger partial charge < -0.3 is 15.8 Å². The van der Waals surface area contributed by atoms with Gasteiger partial charge in [-0.2, -0.15) is 0 Å². The minimum Gasteiger partial charge on any atom is -0.481 e. The van der Waals surface area contributed by atoms with E-state index in [1.165, 1.54) is 0 Å². The van der Waals surface area contributed by atoms with Gasteiger partial charge in [-0.15, -0.1) is 0 Å². The number of benzene rings is 1. The Morgan fingerprint density at radius 1 is 1.37 bits per heavy atom. The van der Waals surface area contributed by atoms with Crippen molar-refractivity contribution in [2.24, 2.45) is 5.73 Å². The van der Waals surface area contributed by atoms with Gasteiger partial charge in [0.15, 0.2) is 6.61 Å². The van der Waals surface area contributed by atoms with Crippen LogP contribution in [0.15, 0.2) is 30.3 Å². The maximum atomic E-state index is 11.5. The molecule has 1 aromatic carbocycles. The smallest absolute Gasteiger partial charge is 0.257 e. The van der Waals surface area contributed by atoms with Crippen LogP contribution in [-0.2, 0) is 4.79 Å². The van der Waals surface area contributed by atoms with Crippen LogP contribution in [0.3, 0.4) is 0 Å². The van der Waals surface area contributed by atoms with Crippen molar-refractivity contribution in [1.29, 1.82) is 0 Å². The van der Waals surface area contributed by atoms with Crippen LogP contribution in [0.1, 0.15) is 5.69 Å². The fraction of sp³-hybridized carbons (Fsp3) is 0.286. The van der Waals surface area contributed by atoms with E-state index in [0.29, 0.717) is 18.8 Å². The van der Waals surface area contributed by atoms with E-state index in [2.05, 4.69) is 10.3 Å². The van der Waals surface area contributed by atoms with Crippen molar-refractivity contribution < 1.29 is 9.53 Å². The number of pyridine rings is 1. The van der Waals surface area contributed by atoms with Gasteiger partial charge in [-0.3, -0.25) is 4.79 Å². The molecule has 0 radical (unpaired) electrons. The second-order valence-corrected chi connectivity index (χ2v) is 4.21. The molecule has 0 atom stereocenters. The Balaban J connectivity index is 2.12. The molecule has 0 spiro atoms. The Bertz CT molecular complexity index is 584. The van der Waals surface area contributed by atoms with Crippen LogP contribution >= 0.6 is 0 Å². The monoisotopic (exact) mass is 259 g/mol. The summed E-state index contributed by atoms with van der Waals surface area (Å²) in [5.41, 5.74) is 7.00. The van der Waals surface area contributed by atoms with Gasteiger partial charge in [0.25, 0.3) is 5.91 Å². The molecule has 3 N–H and O–H groups in total. The fourth-order valence-electron chi connectivity index (χ4n) is 1.74. The van der Waals surface area contributed by atoms with Gasteiger partial charge in [0.2, 0.25) is 0 Å². The lowest BCUT2D eigenvalue weighted by atomic mass is 10.2. The number of nitrogens with one attached hydrogen (secondary N) is 1. The maximum Gasteiger partial charge on any atom is 0.257 e. The number of carbonyl (C=O) groups excluding carboxylic acids is 1. The first-order chi connectivity index (χ1) is 9.20. The molecule has 19 heavy (non-hydrogen) atoms. The highest BCUT2D eigenvalue weighted by Crippen LogP contribution is 2.23. The highest BCUT2D eigenvalue weighted by Gasteiger charge is 2.06. The summed E-state index contributed by atoms with van der Waals surface area (Å²) < 4.78 is 5.52. The summed E-state index contributed by atoms with van der Waals surface area (Å²) in [7, 11) is 0. The van der Waals surface area contributed by atoms with Crippen molar-refractivity contribution in [2.45, 2.75) is 6.92 Å². The predicted molar refractivity (Wildman–Crippen MR) is 74.0 cm³/mol. The Labute approximate surface area is 111 Å². The number of hydrogen-bond donors (Lipinski definition) is 2. The summed E-state index contributed by atoms with van der Waals surface area (Å²) in [6.07, 6.45) is 0. The number of ether oxygens (including phenoxy) is 1. The molecule has 2 rings (SSSR count). The van der Waals surface area contributed by atoms with Gasteiger partial charge in [0.05, 0.1) is 0 Å². The third-order valence-corrected chi connectivity index (χ3v) is 2.65. The minimum atomic E-state index is -0.185. The first-order valence-corrected chi connectivity index (χ1v) is 6.16. The summed E-state index contributed by atoms with van der Waals surface area (Å²) in [5.74, 6) is 0.430. The van der Waals surface area contributed by atoms with Crippen LogP contribution in [0, 0.1) is 6.92 Å². The standard InChI is InChI=1S/C14H17N3O2/c1-10-5-6-11-3-2-4-12(14(11)17-10)19-9-13(18)16-8-7-15/h2-6H,7-9,15H2,1H3,(H,16,18). The van der Waals surface area contributed by atoms with Gasteiger partial charge >= 0.3 is 0 Å². The number of carbonyl (C=O) groups is 1. The normalized spacial score (nSPS) is 10.4. The van der Waals surface area contributed by atoms with E-state index >= 15 is 0 Å². The molecule has 1 aromatic heterocycles. The van der Waals surface area contributed by atoms with Crippen molar-refractivity contribution in [3.63, 3.8) is 0 Å². The first kappa shape index (κ1) is 13.3. The van der Waals surface area contributed by atoms with Crippen molar-refractivity contribution in [2.75, 3.05) is 19.7 Å². The molecule has 0 saturated carbocycles. The average molecular weight is 259 g/mol. The Morgan fingerprint density at radius 3 is 3.00 bits per heavy atom. The van der Waals surface area contributed by atoms with Gasteiger partial charge in [0, 0.05) is 24.2 Å². The summed E-state index contributed by atoms with van der Waals surface area (Å²) in [6.45, 7) is 2.76. The van der Waals surface area contributed by atoms with Crippen molar-refractivity contribution >= 4 is 16.8 Å². The van der Waals surface area contributed by atoms with E-state index in [1.807, 2.05) is 37.3 Å². The molecule has 2 aromatic rings. The van der Waals surface area contributed by atoms with Crippen LogP contribution in [-0.4, -0.2) is 30.6 Å². The van der Waals surface area contributed by atoms with E-state index < -0.39 is 0 Å². The van der Waals surface area contributed by atoms with E-state index in [9.17, 15) is 4.79 Å². The molecule has 0 unspecified atom stereocenters. The van der Waals surface area contributed by atoms with Gasteiger partial charge in [0.1, 0.15) is 11.3 Å². The van der Waals surface area contributed by atoms with Gasteiger partial charge in [-0.25, -0.2) is 4.98 Å². The third kappa shape index (κ3) is 3.42. The third-order valence-electron chi connectivity index (χ3n) is 2.65. The molecular weight excluding hydrogens is 242 g/mol. The largest absolute Gasteiger partial charge is 0.481 e. The molecule has 0 aliphatic heterocycles. The quantitative estimate of drug-likeness (QED) is 0.839. The molecule has 0 saturated heterocycles. The van der Waals surface area contributed by atoms with Crippen molar-refractivity contribution in [1.82, 2.24) is 10.3 Å². The molecular formula is C14H17N3O2. The number of para-hydroxylation sites is 1. The lowest BCUT2D eigenvalue weighted by Gasteiger charge is -2.09. The molecule has 5 heteroatoms. The number of rotatable bonds is 5. The molecule has 100 valence electrons. The Kier molecular flexibility index (Phi) is 4.30. The molecule has 0 aliphatic carbocycles. The van der Waals surface area contributed by atoms with E-state index in [-0.39, 0.29) is 12.5 Å². The zero-order valence-corrected chi connectivity index (χ0v) is 10.8. The lowest BCUT2D eigenvalue weighted by molar-refractivity contribution is -0.123. The zero-order chi connectivity index (χ0) is 13.7. The van der Waals surface area contributed by atoms with Gasteiger partial charge in [-0.05, 0) is 19.1 Å². The van der Waals surface area contributed by atoms with Crippen LogP contribution < -0.4 is 15.8 Å². The van der Waals surface area contributed by atoms with Gasteiger partial charge in [-0.1, -0.05) is 18.2 Å². The van der Waals surface area contributed by atoms with E-state index in [4.69, 9.17) is 10.5 Å². The van der Waals surface area contributed by atoms with Crippen LogP contribution in [0.4, 0.5) is 0 Å². The minimum absolute atomic E-state index is 0.0330. The number of hydrogen-bond acceptors (Lipinski definition) is 4. The second-order valence-electron chi connectivity index (χ2n) is 4.21.